The molecule has 1 aliphatic rings. The van der Waals surface area contributed by atoms with Crippen LogP contribution in [0.3, 0.4) is 0 Å². The summed E-state index contributed by atoms with van der Waals surface area (Å²) in [5.41, 5.74) is -0.443. The number of nitrogens with zero attached hydrogens (tertiary/aromatic N) is 1. The van der Waals surface area contributed by atoms with Gasteiger partial charge in [-0.2, -0.15) is 0 Å². The van der Waals surface area contributed by atoms with Crippen LogP contribution in [-0.4, -0.2) is 22.6 Å². The molecule has 0 aromatic rings. The fraction of sp³-hybridized carbons (Fsp3) is 0.643. The first kappa shape index (κ1) is 13.8. The molecule has 1 heterocycles. The Labute approximate surface area is 104 Å². The lowest BCUT2D eigenvalue weighted by Crippen LogP contribution is -2.40. The lowest BCUT2D eigenvalue weighted by Gasteiger charge is -2.31. The third-order valence-corrected chi connectivity index (χ3v) is 2.51. The third-order valence-electron chi connectivity index (χ3n) is 2.51. The molecule has 0 aromatic carbocycles. The zero-order valence-electron chi connectivity index (χ0n) is 11.3. The number of hydrogen-bond acceptors (Lipinski definition) is 2. The van der Waals surface area contributed by atoms with E-state index in [0.717, 1.165) is 19.3 Å². The van der Waals surface area contributed by atoms with Crippen molar-refractivity contribution in [3.63, 3.8) is 0 Å². The summed E-state index contributed by atoms with van der Waals surface area (Å²) < 4.78 is 5.39. The van der Waals surface area contributed by atoms with Gasteiger partial charge in [-0.3, -0.25) is 4.90 Å². The summed E-state index contributed by atoms with van der Waals surface area (Å²) in [5.74, 6) is 0. The Morgan fingerprint density at radius 1 is 1.35 bits per heavy atom. The van der Waals surface area contributed by atoms with Crippen LogP contribution in [0.15, 0.2) is 24.4 Å². The summed E-state index contributed by atoms with van der Waals surface area (Å²) in [7, 11) is 0. The zero-order valence-corrected chi connectivity index (χ0v) is 11.3. The molecule has 0 N–H and O–H groups in total. The van der Waals surface area contributed by atoms with E-state index in [-0.39, 0.29) is 12.1 Å². The van der Waals surface area contributed by atoms with Crippen molar-refractivity contribution in [1.29, 1.82) is 0 Å². The molecule has 17 heavy (non-hydrogen) atoms. The van der Waals surface area contributed by atoms with Crippen LogP contribution >= 0.6 is 0 Å². The topological polar surface area (TPSA) is 29.5 Å². The van der Waals surface area contributed by atoms with Gasteiger partial charge in [-0.05, 0) is 33.3 Å². The number of hydrogen-bond donors (Lipinski definition) is 0. The summed E-state index contributed by atoms with van der Waals surface area (Å²) in [4.78, 5) is 13.7. The molecule has 3 heteroatoms. The second kappa shape index (κ2) is 5.89. The lowest BCUT2D eigenvalue weighted by atomic mass is 10.1. The second-order valence-corrected chi connectivity index (χ2v) is 5.32. The summed E-state index contributed by atoms with van der Waals surface area (Å²) >= 11 is 0. The maximum absolute atomic E-state index is 12.0. The predicted molar refractivity (Wildman–Crippen MR) is 69.7 cm³/mol. The first-order valence-electron chi connectivity index (χ1n) is 6.30. The monoisotopic (exact) mass is 237 g/mol. The van der Waals surface area contributed by atoms with E-state index in [1.165, 1.54) is 0 Å². The number of carbonyl (C=O) groups is 1. The van der Waals surface area contributed by atoms with Crippen molar-refractivity contribution in [2.75, 3.05) is 0 Å². The van der Waals surface area contributed by atoms with Gasteiger partial charge in [-0.15, -0.1) is 0 Å². The van der Waals surface area contributed by atoms with Gasteiger partial charge in [0.15, 0.2) is 0 Å². The molecule has 0 radical (unpaired) electrons. The third kappa shape index (κ3) is 4.63. The number of ether oxygens (including phenoxy) is 1. The van der Waals surface area contributed by atoms with E-state index in [9.17, 15) is 4.79 Å². The highest BCUT2D eigenvalue weighted by Crippen LogP contribution is 2.18. The van der Waals surface area contributed by atoms with Crippen LogP contribution in [-0.2, 0) is 4.74 Å². The van der Waals surface area contributed by atoms with Gasteiger partial charge in [0.1, 0.15) is 5.60 Å². The molecule has 1 atom stereocenters. The molecule has 0 saturated heterocycles. The van der Waals surface area contributed by atoms with Gasteiger partial charge < -0.3 is 4.74 Å². The molecule has 1 unspecified atom stereocenters. The maximum Gasteiger partial charge on any atom is 0.414 e. The second-order valence-electron chi connectivity index (χ2n) is 5.32. The highest BCUT2D eigenvalue weighted by atomic mass is 16.6. The summed E-state index contributed by atoms with van der Waals surface area (Å²) in [6.07, 6.45) is 10.7. The number of carbonyl (C=O) groups excluding carboxylic acids is 1. The molecular weight excluding hydrogens is 214 g/mol. The van der Waals surface area contributed by atoms with E-state index >= 15 is 0 Å². The average Bonchev–Trinajstić information content (AvgIpc) is 2.24. The number of allylic oxidation sites excluding steroid dienone is 2. The minimum Gasteiger partial charge on any atom is -0.443 e. The Balaban J connectivity index is 2.63. The molecular formula is C14H23NO2. The van der Waals surface area contributed by atoms with Crippen molar-refractivity contribution in [3.05, 3.63) is 24.4 Å². The SMILES string of the molecule is CCCCC1C=CC=CN1C(=O)OC(C)(C)C. The molecule has 0 aliphatic carbocycles. The van der Waals surface area contributed by atoms with Crippen molar-refractivity contribution in [3.8, 4) is 0 Å². The van der Waals surface area contributed by atoms with Crippen molar-refractivity contribution < 1.29 is 9.53 Å². The first-order valence-corrected chi connectivity index (χ1v) is 6.30. The Morgan fingerprint density at radius 2 is 2.06 bits per heavy atom. The van der Waals surface area contributed by atoms with E-state index in [1.807, 2.05) is 32.9 Å². The van der Waals surface area contributed by atoms with Crippen molar-refractivity contribution >= 4 is 6.09 Å². The highest BCUT2D eigenvalue weighted by molar-refractivity contribution is 5.70. The van der Waals surface area contributed by atoms with Gasteiger partial charge in [0.05, 0.1) is 6.04 Å². The van der Waals surface area contributed by atoms with E-state index in [2.05, 4.69) is 13.0 Å². The minimum atomic E-state index is -0.443. The zero-order chi connectivity index (χ0) is 12.9. The van der Waals surface area contributed by atoms with Crippen LogP contribution in [0.4, 0.5) is 4.79 Å². The minimum absolute atomic E-state index is 0.134. The Kier molecular flexibility index (Phi) is 4.79. The number of amides is 1. The summed E-state index contributed by atoms with van der Waals surface area (Å²) in [6.45, 7) is 7.81. The van der Waals surface area contributed by atoms with E-state index in [0.29, 0.717) is 0 Å². The van der Waals surface area contributed by atoms with Gasteiger partial charge in [0, 0.05) is 6.20 Å². The van der Waals surface area contributed by atoms with E-state index in [4.69, 9.17) is 4.74 Å². The van der Waals surface area contributed by atoms with Crippen molar-refractivity contribution in [1.82, 2.24) is 4.90 Å². The van der Waals surface area contributed by atoms with Crippen LogP contribution < -0.4 is 0 Å². The van der Waals surface area contributed by atoms with Crippen molar-refractivity contribution in [2.45, 2.75) is 58.6 Å². The Hall–Kier alpha value is -1.25. The molecule has 1 aliphatic heterocycles. The average molecular weight is 237 g/mol. The molecule has 0 saturated carbocycles. The van der Waals surface area contributed by atoms with Crippen LogP contribution in [0, 0.1) is 0 Å². The van der Waals surface area contributed by atoms with E-state index < -0.39 is 5.60 Å². The number of rotatable bonds is 3. The van der Waals surface area contributed by atoms with Gasteiger partial charge >= 0.3 is 6.09 Å². The highest BCUT2D eigenvalue weighted by Gasteiger charge is 2.25. The summed E-state index contributed by atoms with van der Waals surface area (Å²) in [5, 5.41) is 0. The maximum atomic E-state index is 12.0. The molecule has 1 rings (SSSR count). The predicted octanol–water partition coefficient (Wildman–Crippen LogP) is 3.87. The van der Waals surface area contributed by atoms with Gasteiger partial charge in [-0.1, -0.05) is 31.9 Å². The van der Waals surface area contributed by atoms with Crippen LogP contribution in [0.2, 0.25) is 0 Å². The standard InChI is InChI=1S/C14H23NO2/c1-5-6-9-12-10-7-8-11-15(12)13(16)17-14(2,3)4/h7-8,10-12H,5-6,9H2,1-4H3. The normalized spacial score (nSPS) is 19.5. The molecule has 3 nitrogen and oxygen atoms in total. The smallest absolute Gasteiger partial charge is 0.414 e. The Morgan fingerprint density at radius 3 is 2.65 bits per heavy atom. The molecule has 0 spiro atoms. The van der Waals surface area contributed by atoms with Crippen molar-refractivity contribution in [2.24, 2.45) is 0 Å². The molecule has 1 amide bonds. The first-order chi connectivity index (χ1) is 7.94. The Bertz CT molecular complexity index is 313. The quantitative estimate of drug-likeness (QED) is 0.745. The van der Waals surface area contributed by atoms with Crippen LogP contribution in [0.1, 0.15) is 47.0 Å². The fourth-order valence-electron chi connectivity index (χ4n) is 1.70. The molecule has 0 fully saturated rings. The molecule has 0 bridgehead atoms. The van der Waals surface area contributed by atoms with Gasteiger partial charge in [0.25, 0.3) is 0 Å². The van der Waals surface area contributed by atoms with Gasteiger partial charge in [0.2, 0.25) is 0 Å². The molecule has 0 aromatic heterocycles. The lowest BCUT2D eigenvalue weighted by molar-refractivity contribution is 0.0289. The van der Waals surface area contributed by atoms with Crippen LogP contribution in [0.25, 0.3) is 0 Å². The van der Waals surface area contributed by atoms with Gasteiger partial charge in [-0.25, -0.2) is 4.79 Å². The fourth-order valence-corrected chi connectivity index (χ4v) is 1.70. The largest absolute Gasteiger partial charge is 0.443 e. The number of unbranched alkanes of at least 4 members (excludes halogenated alkanes) is 1. The molecule has 96 valence electrons. The van der Waals surface area contributed by atoms with Crippen LogP contribution in [0.5, 0.6) is 0 Å². The summed E-state index contributed by atoms with van der Waals surface area (Å²) in [6, 6.07) is 0.134. The van der Waals surface area contributed by atoms with E-state index in [1.54, 1.807) is 11.1 Å².